The van der Waals surface area contributed by atoms with Crippen LogP contribution in [-0.4, -0.2) is 23.5 Å². The molecule has 202 valence electrons. The quantitative estimate of drug-likeness (QED) is 0.133. The van der Waals surface area contributed by atoms with Gasteiger partial charge >= 0.3 is 0 Å². The summed E-state index contributed by atoms with van der Waals surface area (Å²) in [4.78, 5) is 39.2. The molecular formula is C30H22Cl3N3O3S. The number of anilines is 2. The van der Waals surface area contributed by atoms with Crippen molar-refractivity contribution in [3.05, 3.63) is 129 Å². The largest absolute Gasteiger partial charge is 0.324 e. The zero-order valence-electron chi connectivity index (χ0n) is 20.8. The number of halogens is 3. The zero-order chi connectivity index (χ0) is 28.5. The van der Waals surface area contributed by atoms with Crippen molar-refractivity contribution in [1.29, 1.82) is 0 Å². The maximum atomic E-state index is 13.2. The summed E-state index contributed by atoms with van der Waals surface area (Å²) in [6.07, 6.45) is 1.48. The van der Waals surface area contributed by atoms with Crippen LogP contribution in [-0.2, 0) is 9.59 Å². The lowest BCUT2D eigenvalue weighted by Gasteiger charge is -2.12. The Hall–Kier alpha value is -3.75. The second-order valence-electron chi connectivity index (χ2n) is 8.34. The minimum atomic E-state index is -0.546. The van der Waals surface area contributed by atoms with Crippen molar-refractivity contribution >= 4 is 81.7 Å². The first-order valence-corrected chi connectivity index (χ1v) is 14.0. The van der Waals surface area contributed by atoms with Gasteiger partial charge in [0, 0.05) is 26.2 Å². The molecule has 4 aromatic carbocycles. The summed E-state index contributed by atoms with van der Waals surface area (Å²) in [6, 6.07) is 27.4. The normalized spacial score (nSPS) is 11.0. The number of amides is 3. The molecule has 0 aromatic heterocycles. The number of para-hydroxylation sites is 1. The van der Waals surface area contributed by atoms with Crippen LogP contribution in [0.25, 0.3) is 6.08 Å². The molecule has 0 saturated carbocycles. The molecule has 4 rings (SSSR count). The lowest BCUT2D eigenvalue weighted by molar-refractivity contribution is -0.114. The molecule has 0 aliphatic carbocycles. The predicted molar refractivity (Wildman–Crippen MR) is 164 cm³/mol. The van der Waals surface area contributed by atoms with Gasteiger partial charge in [0.05, 0.1) is 16.5 Å². The van der Waals surface area contributed by atoms with Crippen molar-refractivity contribution < 1.29 is 14.4 Å². The van der Waals surface area contributed by atoms with E-state index in [9.17, 15) is 14.4 Å². The molecule has 0 radical (unpaired) electrons. The summed E-state index contributed by atoms with van der Waals surface area (Å²) in [7, 11) is 0. The van der Waals surface area contributed by atoms with Gasteiger partial charge in [0.25, 0.3) is 11.8 Å². The maximum Gasteiger partial charge on any atom is 0.272 e. The van der Waals surface area contributed by atoms with Gasteiger partial charge < -0.3 is 16.0 Å². The summed E-state index contributed by atoms with van der Waals surface area (Å²) in [6.45, 7) is 0. The first-order chi connectivity index (χ1) is 19.3. The van der Waals surface area contributed by atoms with Gasteiger partial charge in [-0.25, -0.2) is 0 Å². The molecule has 4 aromatic rings. The van der Waals surface area contributed by atoms with E-state index in [-0.39, 0.29) is 17.4 Å². The van der Waals surface area contributed by atoms with Gasteiger partial charge in [-0.05, 0) is 72.3 Å². The monoisotopic (exact) mass is 609 g/mol. The van der Waals surface area contributed by atoms with Gasteiger partial charge in [-0.1, -0.05) is 71.2 Å². The van der Waals surface area contributed by atoms with Crippen LogP contribution < -0.4 is 16.0 Å². The average molecular weight is 611 g/mol. The van der Waals surface area contributed by atoms with Gasteiger partial charge in [-0.2, -0.15) is 0 Å². The number of benzene rings is 4. The smallest absolute Gasteiger partial charge is 0.272 e. The highest BCUT2D eigenvalue weighted by Crippen LogP contribution is 2.25. The van der Waals surface area contributed by atoms with Crippen molar-refractivity contribution in [1.82, 2.24) is 5.32 Å². The Morgan fingerprint density at radius 2 is 1.45 bits per heavy atom. The molecule has 0 unspecified atom stereocenters. The maximum absolute atomic E-state index is 13.2. The molecule has 0 saturated heterocycles. The Morgan fingerprint density at radius 3 is 2.15 bits per heavy atom. The topological polar surface area (TPSA) is 87.3 Å². The predicted octanol–water partition coefficient (Wildman–Crippen LogP) is 7.79. The van der Waals surface area contributed by atoms with Crippen molar-refractivity contribution in [2.45, 2.75) is 4.90 Å². The van der Waals surface area contributed by atoms with Crippen LogP contribution in [0.4, 0.5) is 11.4 Å². The fourth-order valence-electron chi connectivity index (χ4n) is 3.45. The van der Waals surface area contributed by atoms with Gasteiger partial charge in [0.1, 0.15) is 5.70 Å². The van der Waals surface area contributed by atoms with E-state index in [1.807, 2.05) is 0 Å². The van der Waals surface area contributed by atoms with Crippen LogP contribution >= 0.6 is 46.6 Å². The van der Waals surface area contributed by atoms with Gasteiger partial charge in [-0.15, -0.1) is 11.8 Å². The molecule has 0 aliphatic heterocycles. The molecular weight excluding hydrogens is 589 g/mol. The van der Waals surface area contributed by atoms with Gasteiger partial charge in [0.15, 0.2) is 0 Å². The minimum Gasteiger partial charge on any atom is -0.324 e. The Labute approximate surface area is 250 Å². The Balaban J connectivity index is 1.43. The number of carbonyl (C=O) groups is 3. The molecule has 0 heterocycles. The van der Waals surface area contributed by atoms with E-state index in [1.54, 1.807) is 97.1 Å². The highest BCUT2D eigenvalue weighted by molar-refractivity contribution is 8.00. The average Bonchev–Trinajstić information content (AvgIpc) is 2.95. The van der Waals surface area contributed by atoms with E-state index in [0.29, 0.717) is 37.6 Å². The number of hydrogen-bond acceptors (Lipinski definition) is 4. The molecule has 10 heteroatoms. The van der Waals surface area contributed by atoms with E-state index in [4.69, 9.17) is 34.8 Å². The zero-order valence-corrected chi connectivity index (χ0v) is 23.9. The third-order valence-corrected chi connectivity index (χ3v) is 7.33. The fraction of sp³-hybridized carbons (Fsp3) is 0.0333. The van der Waals surface area contributed by atoms with Crippen molar-refractivity contribution in [3.63, 3.8) is 0 Å². The molecule has 0 bridgehead atoms. The van der Waals surface area contributed by atoms with Crippen LogP contribution in [0.15, 0.2) is 108 Å². The summed E-state index contributed by atoms with van der Waals surface area (Å²) in [5.74, 6) is -1.01. The molecule has 6 nitrogen and oxygen atoms in total. The third-order valence-electron chi connectivity index (χ3n) is 5.42. The lowest BCUT2D eigenvalue weighted by atomic mass is 10.1. The molecule has 0 aliphatic rings. The highest BCUT2D eigenvalue weighted by atomic mass is 35.5. The van der Waals surface area contributed by atoms with Crippen molar-refractivity contribution in [2.75, 3.05) is 16.4 Å². The van der Waals surface area contributed by atoms with Gasteiger partial charge in [0.2, 0.25) is 5.91 Å². The molecule has 0 atom stereocenters. The van der Waals surface area contributed by atoms with E-state index >= 15 is 0 Å². The number of rotatable bonds is 9. The van der Waals surface area contributed by atoms with Crippen LogP contribution in [0.3, 0.4) is 0 Å². The molecule has 0 fully saturated rings. The summed E-state index contributed by atoms with van der Waals surface area (Å²) >= 11 is 19.7. The number of carbonyl (C=O) groups excluding carboxylic acids is 3. The molecule has 40 heavy (non-hydrogen) atoms. The van der Waals surface area contributed by atoms with Crippen molar-refractivity contribution in [2.24, 2.45) is 0 Å². The van der Waals surface area contributed by atoms with E-state index in [2.05, 4.69) is 16.0 Å². The molecule has 0 spiro atoms. The molecule has 3 N–H and O–H groups in total. The second kappa shape index (κ2) is 14.1. The van der Waals surface area contributed by atoms with Crippen molar-refractivity contribution in [3.8, 4) is 0 Å². The first kappa shape index (κ1) is 29.2. The minimum absolute atomic E-state index is 0.00669. The molecule has 3 amide bonds. The third kappa shape index (κ3) is 8.37. The Kier molecular flexibility index (Phi) is 10.3. The Morgan fingerprint density at radius 1 is 0.750 bits per heavy atom. The first-order valence-electron chi connectivity index (χ1n) is 11.9. The highest BCUT2D eigenvalue weighted by Gasteiger charge is 2.16. The number of nitrogens with one attached hydrogen (secondary N) is 3. The van der Waals surface area contributed by atoms with Crippen LogP contribution in [0.2, 0.25) is 15.1 Å². The SMILES string of the molecule is O=C(CSc1ccc(NC(=O)/C(=C/c2ccc(Cl)cc2Cl)NC(=O)c2ccccc2)cc1)Nc1ccccc1Cl. The number of thioether (sulfide) groups is 1. The standard InChI is InChI=1S/C30H22Cl3N3O3S/c31-21-11-10-20(25(33)17-21)16-27(36-29(38)19-6-2-1-3-7-19)30(39)34-22-12-14-23(15-13-22)40-18-28(37)35-26-9-5-4-8-24(26)32/h1-17H,18H2,(H,34,39)(H,35,37)(H,36,38)/b27-16-. The lowest BCUT2D eigenvalue weighted by Crippen LogP contribution is -2.30. The summed E-state index contributed by atoms with van der Waals surface area (Å²) in [5, 5.41) is 9.47. The summed E-state index contributed by atoms with van der Waals surface area (Å²) in [5.41, 5.74) is 1.94. The van der Waals surface area contributed by atoms with E-state index in [1.165, 1.54) is 17.8 Å². The summed E-state index contributed by atoms with van der Waals surface area (Å²) < 4.78 is 0. The van der Waals surface area contributed by atoms with Crippen LogP contribution in [0, 0.1) is 0 Å². The fourth-order valence-corrected chi connectivity index (χ4v) is 4.79. The van der Waals surface area contributed by atoms with Crippen LogP contribution in [0.5, 0.6) is 0 Å². The van der Waals surface area contributed by atoms with Crippen LogP contribution in [0.1, 0.15) is 15.9 Å². The van der Waals surface area contributed by atoms with Gasteiger partial charge in [-0.3, -0.25) is 14.4 Å². The van der Waals surface area contributed by atoms with E-state index in [0.717, 1.165) is 4.90 Å². The van der Waals surface area contributed by atoms with E-state index < -0.39 is 11.8 Å². The number of hydrogen-bond donors (Lipinski definition) is 3. The second-order valence-corrected chi connectivity index (χ2v) is 10.6. The Bertz CT molecular complexity index is 1560.